The van der Waals surface area contributed by atoms with Crippen LogP contribution in [0.4, 0.5) is 10.1 Å². The van der Waals surface area contributed by atoms with Gasteiger partial charge in [0.05, 0.1) is 0 Å². The van der Waals surface area contributed by atoms with Gasteiger partial charge in [-0.05, 0) is 41.3 Å². The van der Waals surface area contributed by atoms with E-state index in [-0.39, 0.29) is 22.1 Å². The van der Waals surface area contributed by atoms with Crippen LogP contribution in [0.2, 0.25) is 0 Å². The number of benzene rings is 2. The van der Waals surface area contributed by atoms with Gasteiger partial charge in [0.1, 0.15) is 15.6 Å². The van der Waals surface area contributed by atoms with Crippen molar-refractivity contribution in [3.8, 4) is 0 Å². The number of thiophene rings is 1. The van der Waals surface area contributed by atoms with Crippen LogP contribution in [0.3, 0.4) is 0 Å². The maximum atomic E-state index is 13.2. The summed E-state index contributed by atoms with van der Waals surface area (Å²) in [5.41, 5.74) is 1.80. The number of piperazine rings is 1. The second kappa shape index (κ2) is 9.17. The summed E-state index contributed by atoms with van der Waals surface area (Å²) in [6.07, 6.45) is 0. The lowest BCUT2D eigenvalue weighted by Crippen LogP contribution is -2.48. The molecule has 1 saturated heterocycles. The summed E-state index contributed by atoms with van der Waals surface area (Å²) in [5, 5.41) is 4.33. The zero-order chi connectivity index (χ0) is 21.8. The topological polar surface area (TPSA) is 69.7 Å². The lowest BCUT2D eigenvalue weighted by molar-refractivity contribution is 0.0952. The maximum Gasteiger partial charge on any atom is 0.263 e. The average Bonchev–Trinajstić information content (AvgIpc) is 3.30. The Kier molecular flexibility index (Phi) is 6.35. The van der Waals surface area contributed by atoms with Crippen molar-refractivity contribution in [2.45, 2.75) is 11.4 Å². The van der Waals surface area contributed by atoms with Crippen LogP contribution < -0.4 is 10.2 Å². The SMILES string of the molecule is O=C(NCc1ccc(F)cc1)c1sccc1S(=O)(=O)N1CCN(c2ccccc2)CC1. The number of carbonyl (C=O) groups is 1. The van der Waals surface area contributed by atoms with Crippen molar-refractivity contribution < 1.29 is 17.6 Å². The molecule has 0 aliphatic carbocycles. The summed E-state index contributed by atoms with van der Waals surface area (Å²) in [7, 11) is -3.78. The highest BCUT2D eigenvalue weighted by Crippen LogP contribution is 2.27. The first-order valence-electron chi connectivity index (χ1n) is 9.85. The van der Waals surface area contributed by atoms with Gasteiger partial charge in [0.15, 0.2) is 0 Å². The predicted octanol–water partition coefficient (Wildman–Crippen LogP) is 3.33. The molecule has 9 heteroatoms. The van der Waals surface area contributed by atoms with Gasteiger partial charge in [0.25, 0.3) is 5.91 Å². The van der Waals surface area contributed by atoms with E-state index in [4.69, 9.17) is 0 Å². The Labute approximate surface area is 185 Å². The molecule has 1 aliphatic heterocycles. The first-order chi connectivity index (χ1) is 14.9. The number of rotatable bonds is 6. The van der Waals surface area contributed by atoms with Crippen molar-refractivity contribution in [3.63, 3.8) is 0 Å². The molecule has 3 aromatic rings. The van der Waals surface area contributed by atoms with Gasteiger partial charge in [-0.25, -0.2) is 12.8 Å². The summed E-state index contributed by atoms with van der Waals surface area (Å²) in [4.78, 5) is 15.0. The van der Waals surface area contributed by atoms with Crippen molar-refractivity contribution in [3.05, 3.63) is 82.3 Å². The average molecular weight is 460 g/mol. The molecular formula is C22H22FN3O3S2. The fraction of sp³-hybridized carbons (Fsp3) is 0.227. The summed E-state index contributed by atoms with van der Waals surface area (Å²) >= 11 is 1.10. The molecule has 1 amide bonds. The first kappa shape index (κ1) is 21.5. The third kappa shape index (κ3) is 4.79. The van der Waals surface area contributed by atoms with E-state index in [1.165, 1.54) is 22.5 Å². The standard InChI is InChI=1S/C22H22FN3O3S2/c23-18-8-6-17(7-9-18)16-24-22(27)21-20(10-15-30-21)31(28,29)26-13-11-25(12-14-26)19-4-2-1-3-5-19/h1-10,15H,11-14,16H2,(H,24,27). The summed E-state index contributed by atoms with van der Waals surface area (Å²) in [6.45, 7) is 2.05. The van der Waals surface area contributed by atoms with Gasteiger partial charge in [0.2, 0.25) is 10.0 Å². The number of hydrogen-bond donors (Lipinski definition) is 1. The molecule has 1 aliphatic rings. The molecule has 1 aromatic heterocycles. The summed E-state index contributed by atoms with van der Waals surface area (Å²) in [5.74, 6) is -0.810. The van der Waals surface area contributed by atoms with Gasteiger partial charge in [-0.3, -0.25) is 4.79 Å². The number of para-hydroxylation sites is 1. The molecular weight excluding hydrogens is 437 g/mol. The third-order valence-corrected chi connectivity index (χ3v) is 8.16. The number of sulfonamides is 1. The Hall–Kier alpha value is -2.75. The van der Waals surface area contributed by atoms with E-state index in [1.807, 2.05) is 30.3 Å². The van der Waals surface area contributed by atoms with E-state index < -0.39 is 15.9 Å². The van der Waals surface area contributed by atoms with Crippen molar-refractivity contribution in [2.75, 3.05) is 31.1 Å². The molecule has 2 heterocycles. The van der Waals surface area contributed by atoms with Gasteiger partial charge >= 0.3 is 0 Å². The van der Waals surface area contributed by atoms with E-state index >= 15 is 0 Å². The molecule has 0 saturated carbocycles. The van der Waals surface area contributed by atoms with Crippen molar-refractivity contribution >= 4 is 33.0 Å². The molecule has 0 unspecified atom stereocenters. The van der Waals surface area contributed by atoms with Crippen LogP contribution >= 0.6 is 11.3 Å². The molecule has 4 rings (SSSR count). The molecule has 162 valence electrons. The van der Waals surface area contributed by atoms with E-state index in [0.29, 0.717) is 26.2 Å². The summed E-state index contributed by atoms with van der Waals surface area (Å²) < 4.78 is 40.9. The van der Waals surface area contributed by atoms with Gasteiger partial charge < -0.3 is 10.2 Å². The zero-order valence-electron chi connectivity index (χ0n) is 16.7. The van der Waals surface area contributed by atoms with Gasteiger partial charge in [-0.2, -0.15) is 4.31 Å². The monoisotopic (exact) mass is 459 g/mol. The predicted molar refractivity (Wildman–Crippen MR) is 119 cm³/mol. The van der Waals surface area contributed by atoms with Crippen molar-refractivity contribution in [1.82, 2.24) is 9.62 Å². The highest BCUT2D eigenvalue weighted by Gasteiger charge is 2.32. The number of carbonyl (C=O) groups excluding carboxylic acids is 1. The van der Waals surface area contributed by atoms with Crippen molar-refractivity contribution in [2.24, 2.45) is 0 Å². The van der Waals surface area contributed by atoms with Crippen LogP contribution in [0.5, 0.6) is 0 Å². The Balaban J connectivity index is 1.43. The fourth-order valence-electron chi connectivity index (χ4n) is 3.50. The molecule has 1 fully saturated rings. The van der Waals surface area contributed by atoms with E-state index in [9.17, 15) is 17.6 Å². The van der Waals surface area contributed by atoms with Gasteiger partial charge in [-0.1, -0.05) is 30.3 Å². The Bertz CT molecular complexity index is 1140. The lowest BCUT2D eigenvalue weighted by atomic mass is 10.2. The molecule has 31 heavy (non-hydrogen) atoms. The normalized spacial score (nSPS) is 15.1. The molecule has 0 radical (unpaired) electrons. The molecule has 6 nitrogen and oxygen atoms in total. The van der Waals surface area contributed by atoms with E-state index in [0.717, 1.165) is 22.6 Å². The Morgan fingerprint density at radius 2 is 1.65 bits per heavy atom. The lowest BCUT2D eigenvalue weighted by Gasteiger charge is -2.35. The van der Waals surface area contributed by atoms with Crippen molar-refractivity contribution in [1.29, 1.82) is 0 Å². The highest BCUT2D eigenvalue weighted by molar-refractivity contribution is 7.89. The minimum Gasteiger partial charge on any atom is -0.369 e. The van der Waals surface area contributed by atoms with Crippen LogP contribution in [0.15, 0.2) is 70.9 Å². The molecule has 0 spiro atoms. The largest absolute Gasteiger partial charge is 0.369 e. The maximum absolute atomic E-state index is 13.2. The van der Waals surface area contributed by atoms with Crippen LogP contribution in [0.1, 0.15) is 15.2 Å². The molecule has 2 aromatic carbocycles. The highest BCUT2D eigenvalue weighted by atomic mass is 32.2. The van der Waals surface area contributed by atoms with Crippen LogP contribution in [0.25, 0.3) is 0 Å². The zero-order valence-corrected chi connectivity index (χ0v) is 18.3. The van der Waals surface area contributed by atoms with Crippen LogP contribution in [-0.2, 0) is 16.6 Å². The van der Waals surface area contributed by atoms with Gasteiger partial charge in [0, 0.05) is 38.4 Å². The Morgan fingerprint density at radius 3 is 2.32 bits per heavy atom. The minimum atomic E-state index is -3.78. The number of halogens is 1. The molecule has 1 N–H and O–H groups in total. The minimum absolute atomic E-state index is 0.0299. The second-order valence-corrected chi connectivity index (χ2v) is 9.97. The number of hydrogen-bond acceptors (Lipinski definition) is 5. The van der Waals surface area contributed by atoms with Crippen LogP contribution in [-0.4, -0.2) is 44.8 Å². The fourth-order valence-corrected chi connectivity index (χ4v) is 6.23. The van der Waals surface area contributed by atoms with E-state index in [2.05, 4.69) is 10.2 Å². The van der Waals surface area contributed by atoms with Crippen LogP contribution in [0, 0.1) is 5.82 Å². The smallest absolute Gasteiger partial charge is 0.263 e. The number of anilines is 1. The number of amides is 1. The molecule has 0 atom stereocenters. The third-order valence-electron chi connectivity index (χ3n) is 5.18. The van der Waals surface area contributed by atoms with E-state index in [1.54, 1.807) is 17.5 Å². The van der Waals surface area contributed by atoms with Gasteiger partial charge in [-0.15, -0.1) is 11.3 Å². The second-order valence-electron chi connectivity index (χ2n) is 7.15. The number of nitrogens with zero attached hydrogens (tertiary/aromatic N) is 2. The Morgan fingerprint density at radius 1 is 0.968 bits per heavy atom. The quantitative estimate of drug-likeness (QED) is 0.614. The number of nitrogens with one attached hydrogen (secondary N) is 1. The summed E-state index contributed by atoms with van der Waals surface area (Å²) in [6, 6.07) is 17.2. The first-order valence-corrected chi connectivity index (χ1v) is 12.2. The molecule has 0 bridgehead atoms.